The molecule has 6 heteroatoms. The first kappa shape index (κ1) is 14.6. The summed E-state index contributed by atoms with van der Waals surface area (Å²) in [5.41, 5.74) is 0. The summed E-state index contributed by atoms with van der Waals surface area (Å²) in [5, 5.41) is 0. The first-order chi connectivity index (χ1) is 8.98. The van der Waals surface area contributed by atoms with Crippen molar-refractivity contribution < 1.29 is 28.5 Å². The van der Waals surface area contributed by atoms with E-state index >= 15 is 0 Å². The largest absolute Gasteiger partial charge is 0.363 e. The molecule has 0 aromatic carbocycles. The molecule has 0 N–H and O–H groups in total. The van der Waals surface area contributed by atoms with Crippen LogP contribution in [0, 0.1) is 0 Å². The lowest BCUT2D eigenvalue weighted by molar-refractivity contribution is -0.349. The number of carbonyl (C=O) groups is 1. The van der Waals surface area contributed by atoms with Gasteiger partial charge in [-0.2, -0.15) is 0 Å². The monoisotopic (exact) mass is 272 g/mol. The van der Waals surface area contributed by atoms with Crippen molar-refractivity contribution in [2.75, 3.05) is 20.3 Å². The third kappa shape index (κ3) is 3.04. The molecule has 0 bridgehead atoms. The van der Waals surface area contributed by atoms with Crippen molar-refractivity contribution in [1.29, 1.82) is 0 Å². The fourth-order valence-electron chi connectivity index (χ4n) is 2.23. The Hall–Kier alpha value is -0.790. The van der Waals surface area contributed by atoms with Crippen molar-refractivity contribution in [2.45, 2.75) is 44.2 Å². The van der Waals surface area contributed by atoms with Crippen LogP contribution >= 0.6 is 0 Å². The molecule has 4 atom stereocenters. The maximum absolute atomic E-state index is 12.2. The zero-order valence-electron chi connectivity index (χ0n) is 11.5. The molecule has 0 aromatic heterocycles. The van der Waals surface area contributed by atoms with Crippen LogP contribution in [-0.2, 0) is 28.5 Å². The summed E-state index contributed by atoms with van der Waals surface area (Å²) in [6.45, 7) is 7.76. The molecule has 2 aliphatic rings. The first-order valence-corrected chi connectivity index (χ1v) is 6.25. The quantitative estimate of drug-likeness (QED) is 0.700. The lowest BCUT2D eigenvalue weighted by atomic mass is 9.98. The fraction of sp³-hybridized carbons (Fsp3) is 0.769. The van der Waals surface area contributed by atoms with Crippen LogP contribution in [0.15, 0.2) is 12.7 Å². The molecule has 0 saturated carbocycles. The lowest BCUT2D eigenvalue weighted by Crippen LogP contribution is -2.63. The number of carbonyl (C=O) groups excluding carboxylic acids is 1. The van der Waals surface area contributed by atoms with E-state index in [9.17, 15) is 4.79 Å². The minimum Gasteiger partial charge on any atom is -0.363 e. The van der Waals surface area contributed by atoms with Gasteiger partial charge in [0.1, 0.15) is 12.2 Å². The summed E-state index contributed by atoms with van der Waals surface area (Å²) in [7, 11) is 1.42. The summed E-state index contributed by atoms with van der Waals surface area (Å²) >= 11 is 0. The Morgan fingerprint density at radius 2 is 2.26 bits per heavy atom. The number of fused-ring (bicyclic) bond motifs is 1. The average Bonchev–Trinajstić information content (AvgIpc) is 2.36. The number of methoxy groups -OCH3 is 1. The summed E-state index contributed by atoms with van der Waals surface area (Å²) in [5.74, 6) is -1.04. The summed E-state index contributed by atoms with van der Waals surface area (Å²) in [6, 6.07) is 0. The molecule has 2 saturated heterocycles. The lowest BCUT2D eigenvalue weighted by Gasteiger charge is -2.46. The third-order valence-electron chi connectivity index (χ3n) is 3.10. The van der Waals surface area contributed by atoms with Gasteiger partial charge in [0.15, 0.2) is 11.9 Å². The molecule has 2 rings (SSSR count). The van der Waals surface area contributed by atoms with Crippen LogP contribution in [0.4, 0.5) is 0 Å². The van der Waals surface area contributed by atoms with Crippen LogP contribution in [-0.4, -0.2) is 56.5 Å². The summed E-state index contributed by atoms with van der Waals surface area (Å²) in [6.07, 6.45) is -0.966. The van der Waals surface area contributed by atoms with E-state index in [0.29, 0.717) is 6.61 Å². The molecule has 0 aliphatic carbocycles. The van der Waals surface area contributed by atoms with Crippen molar-refractivity contribution in [3.63, 3.8) is 0 Å². The second-order valence-corrected chi connectivity index (χ2v) is 4.98. The maximum Gasteiger partial charge on any atom is 0.220 e. The Labute approximate surface area is 112 Å². The van der Waals surface area contributed by atoms with E-state index in [-0.39, 0.29) is 18.5 Å². The molecule has 0 radical (unpaired) electrons. The highest BCUT2D eigenvalue weighted by Gasteiger charge is 2.51. The molecule has 0 spiro atoms. The zero-order chi connectivity index (χ0) is 14.0. The van der Waals surface area contributed by atoms with Gasteiger partial charge in [0.05, 0.1) is 13.2 Å². The summed E-state index contributed by atoms with van der Waals surface area (Å²) in [4.78, 5) is 12.2. The van der Waals surface area contributed by atoms with Crippen molar-refractivity contribution in [2.24, 2.45) is 0 Å². The van der Waals surface area contributed by atoms with Gasteiger partial charge < -0.3 is 23.7 Å². The molecule has 6 nitrogen and oxygen atoms in total. The second-order valence-electron chi connectivity index (χ2n) is 4.98. The molecule has 2 aliphatic heterocycles. The number of rotatable bonds is 4. The normalized spacial score (nSPS) is 37.7. The van der Waals surface area contributed by atoms with Crippen molar-refractivity contribution in [3.8, 4) is 0 Å². The predicted octanol–water partition coefficient (Wildman–Crippen LogP) is 0.649. The van der Waals surface area contributed by atoms with Crippen LogP contribution in [0.5, 0.6) is 0 Å². The highest BCUT2D eigenvalue weighted by atomic mass is 16.8. The molecule has 108 valence electrons. The Morgan fingerprint density at radius 1 is 1.53 bits per heavy atom. The highest BCUT2D eigenvalue weighted by molar-refractivity contribution is 5.87. The fourth-order valence-corrected chi connectivity index (χ4v) is 2.23. The van der Waals surface area contributed by atoms with Crippen molar-refractivity contribution in [1.82, 2.24) is 0 Å². The van der Waals surface area contributed by atoms with E-state index < -0.39 is 24.3 Å². The van der Waals surface area contributed by atoms with E-state index in [2.05, 4.69) is 6.58 Å². The standard InChI is InChI=1S/C13H20O6/c1-5-6-16-11-9(14)12(15-4)18-8-7-17-13(2,3)19-10(8)11/h5,8,10-12H,1,6-7H2,2-4H3/t8-,10-,11-,12-/m1/s1. The van der Waals surface area contributed by atoms with Crippen LogP contribution in [0.3, 0.4) is 0 Å². The Morgan fingerprint density at radius 3 is 2.89 bits per heavy atom. The Kier molecular flexibility index (Phi) is 4.37. The van der Waals surface area contributed by atoms with Gasteiger partial charge in [-0.1, -0.05) is 6.08 Å². The molecule has 2 heterocycles. The van der Waals surface area contributed by atoms with E-state index in [1.165, 1.54) is 7.11 Å². The molecule has 0 aromatic rings. The maximum atomic E-state index is 12.2. The van der Waals surface area contributed by atoms with Crippen LogP contribution < -0.4 is 0 Å². The number of ether oxygens (including phenoxy) is 5. The van der Waals surface area contributed by atoms with Gasteiger partial charge in [-0.15, -0.1) is 6.58 Å². The van der Waals surface area contributed by atoms with E-state index in [1.807, 2.05) is 0 Å². The molecule has 0 unspecified atom stereocenters. The highest BCUT2D eigenvalue weighted by Crippen LogP contribution is 2.32. The van der Waals surface area contributed by atoms with Crippen molar-refractivity contribution in [3.05, 3.63) is 12.7 Å². The number of hydrogen-bond donors (Lipinski definition) is 0. The molecule has 2 fully saturated rings. The first-order valence-electron chi connectivity index (χ1n) is 6.25. The molecule has 0 amide bonds. The average molecular weight is 272 g/mol. The van der Waals surface area contributed by atoms with Gasteiger partial charge in [-0.05, 0) is 13.8 Å². The molecular weight excluding hydrogens is 252 g/mol. The van der Waals surface area contributed by atoms with Gasteiger partial charge in [-0.25, -0.2) is 0 Å². The van der Waals surface area contributed by atoms with E-state index in [4.69, 9.17) is 23.7 Å². The van der Waals surface area contributed by atoms with Gasteiger partial charge in [-0.3, -0.25) is 4.79 Å². The van der Waals surface area contributed by atoms with Crippen LogP contribution in [0.25, 0.3) is 0 Å². The second kappa shape index (κ2) is 5.68. The number of ketones is 1. The van der Waals surface area contributed by atoms with E-state index in [0.717, 1.165) is 0 Å². The van der Waals surface area contributed by atoms with Gasteiger partial charge in [0, 0.05) is 7.11 Å². The molecular formula is C13H20O6. The minimum absolute atomic E-state index is 0.265. The number of hydrogen-bond acceptors (Lipinski definition) is 6. The van der Waals surface area contributed by atoms with Crippen LogP contribution in [0.2, 0.25) is 0 Å². The Bertz CT molecular complexity index is 353. The SMILES string of the molecule is C=CCO[C@@H]1C(=O)[C@H](OC)O[C@@H]2COC(C)(C)O[C@@H]12. The third-order valence-corrected chi connectivity index (χ3v) is 3.10. The topological polar surface area (TPSA) is 63.2 Å². The molecule has 19 heavy (non-hydrogen) atoms. The van der Waals surface area contributed by atoms with Crippen molar-refractivity contribution >= 4 is 5.78 Å². The summed E-state index contributed by atoms with van der Waals surface area (Å²) < 4.78 is 27.4. The number of Topliss-reactive ketones (excluding diaryl/α,β-unsaturated/α-hetero) is 1. The Balaban J connectivity index is 2.17. The van der Waals surface area contributed by atoms with E-state index in [1.54, 1.807) is 19.9 Å². The zero-order valence-corrected chi connectivity index (χ0v) is 11.5. The van der Waals surface area contributed by atoms with Gasteiger partial charge in [0.25, 0.3) is 0 Å². The van der Waals surface area contributed by atoms with Gasteiger partial charge >= 0.3 is 0 Å². The minimum atomic E-state index is -0.940. The smallest absolute Gasteiger partial charge is 0.220 e. The van der Waals surface area contributed by atoms with Gasteiger partial charge in [0.2, 0.25) is 12.1 Å². The van der Waals surface area contributed by atoms with Crippen LogP contribution in [0.1, 0.15) is 13.8 Å². The predicted molar refractivity (Wildman–Crippen MR) is 65.5 cm³/mol.